The van der Waals surface area contributed by atoms with E-state index in [1.54, 1.807) is 7.11 Å². The molecule has 1 spiro atoms. The van der Waals surface area contributed by atoms with E-state index in [1.807, 2.05) is 13.0 Å². The van der Waals surface area contributed by atoms with Crippen molar-refractivity contribution in [3.05, 3.63) is 29.6 Å². The van der Waals surface area contributed by atoms with Crippen LogP contribution in [0.25, 0.3) is 0 Å². The van der Waals surface area contributed by atoms with Crippen molar-refractivity contribution in [2.75, 3.05) is 26.8 Å². The van der Waals surface area contributed by atoms with Gasteiger partial charge in [-0.05, 0) is 25.5 Å². The summed E-state index contributed by atoms with van der Waals surface area (Å²) in [4.78, 5) is 7.02. The minimum Gasteiger partial charge on any atom is -0.379 e. The Labute approximate surface area is 114 Å². The van der Waals surface area contributed by atoms with Crippen LogP contribution >= 0.6 is 0 Å². The lowest BCUT2D eigenvalue weighted by atomic mass is 9.98. The van der Waals surface area contributed by atoms with Crippen LogP contribution in [0.1, 0.15) is 24.2 Å². The molecule has 0 saturated carbocycles. The first-order valence-electron chi connectivity index (χ1n) is 7.01. The van der Waals surface area contributed by atoms with Crippen LogP contribution in [0, 0.1) is 6.92 Å². The predicted molar refractivity (Wildman–Crippen MR) is 73.0 cm³/mol. The Kier molecular flexibility index (Phi) is 3.56. The average molecular weight is 262 g/mol. The molecule has 4 nitrogen and oxygen atoms in total. The smallest absolute Gasteiger partial charge is 0.0847 e. The van der Waals surface area contributed by atoms with E-state index in [4.69, 9.17) is 9.47 Å². The number of aromatic nitrogens is 1. The Morgan fingerprint density at radius 3 is 3.16 bits per heavy atom. The van der Waals surface area contributed by atoms with E-state index >= 15 is 0 Å². The zero-order valence-corrected chi connectivity index (χ0v) is 11.8. The molecule has 104 valence electrons. The van der Waals surface area contributed by atoms with E-state index in [0.29, 0.717) is 0 Å². The Morgan fingerprint density at radius 2 is 2.42 bits per heavy atom. The quantitative estimate of drug-likeness (QED) is 0.831. The standard InChI is InChI=1S/C15H22N2O2/c1-12-4-3-5-13(16-12)9-17-7-6-15(11-17)8-14(18-2)10-19-15/h3-5,14H,6-11H2,1-2H3/t14-,15+/m0/s1. The van der Waals surface area contributed by atoms with E-state index in [2.05, 4.69) is 22.0 Å². The molecule has 0 unspecified atom stereocenters. The largest absolute Gasteiger partial charge is 0.379 e. The zero-order valence-electron chi connectivity index (χ0n) is 11.8. The van der Waals surface area contributed by atoms with Gasteiger partial charge in [0.25, 0.3) is 0 Å². The van der Waals surface area contributed by atoms with E-state index in [9.17, 15) is 0 Å². The van der Waals surface area contributed by atoms with Crippen molar-refractivity contribution in [1.29, 1.82) is 0 Å². The molecule has 3 rings (SSSR count). The van der Waals surface area contributed by atoms with Crippen molar-refractivity contribution in [1.82, 2.24) is 9.88 Å². The summed E-state index contributed by atoms with van der Waals surface area (Å²) in [7, 11) is 1.77. The molecule has 2 fully saturated rings. The van der Waals surface area contributed by atoms with Gasteiger partial charge in [0, 0.05) is 38.9 Å². The predicted octanol–water partition coefficient (Wildman–Crippen LogP) is 1.77. The number of rotatable bonds is 3. The van der Waals surface area contributed by atoms with Crippen LogP contribution in [0.5, 0.6) is 0 Å². The monoisotopic (exact) mass is 262 g/mol. The first kappa shape index (κ1) is 13.0. The highest BCUT2D eigenvalue weighted by atomic mass is 16.6. The Morgan fingerprint density at radius 1 is 1.53 bits per heavy atom. The van der Waals surface area contributed by atoms with Crippen molar-refractivity contribution in [3.63, 3.8) is 0 Å². The van der Waals surface area contributed by atoms with Crippen molar-refractivity contribution in [2.45, 2.75) is 38.0 Å². The summed E-state index contributed by atoms with van der Waals surface area (Å²) < 4.78 is 11.4. The zero-order chi connectivity index (χ0) is 13.3. The molecule has 2 saturated heterocycles. The molecule has 0 amide bonds. The number of nitrogens with zero attached hydrogens (tertiary/aromatic N) is 2. The second-order valence-corrected chi connectivity index (χ2v) is 5.79. The molecule has 0 N–H and O–H groups in total. The minimum absolute atomic E-state index is 0.0322. The summed E-state index contributed by atoms with van der Waals surface area (Å²) in [5.41, 5.74) is 2.27. The molecule has 0 radical (unpaired) electrons. The molecule has 0 bridgehead atoms. The summed E-state index contributed by atoms with van der Waals surface area (Å²) in [5, 5.41) is 0. The fourth-order valence-corrected chi connectivity index (χ4v) is 3.22. The van der Waals surface area contributed by atoms with Crippen LogP contribution in [-0.4, -0.2) is 48.4 Å². The maximum Gasteiger partial charge on any atom is 0.0847 e. The molecule has 19 heavy (non-hydrogen) atoms. The number of pyridine rings is 1. The van der Waals surface area contributed by atoms with Gasteiger partial charge in [0.15, 0.2) is 0 Å². The fraction of sp³-hybridized carbons (Fsp3) is 0.667. The SMILES string of the molecule is CO[C@@H]1CO[C@]2(CCN(Cc3cccc(C)n3)C2)C1. The van der Waals surface area contributed by atoms with Crippen LogP contribution in [0.4, 0.5) is 0 Å². The number of ether oxygens (including phenoxy) is 2. The number of hydrogen-bond acceptors (Lipinski definition) is 4. The summed E-state index contributed by atoms with van der Waals surface area (Å²) in [6.07, 6.45) is 2.41. The van der Waals surface area contributed by atoms with Gasteiger partial charge in [0.2, 0.25) is 0 Å². The molecule has 1 aromatic heterocycles. The van der Waals surface area contributed by atoms with Crippen molar-refractivity contribution in [2.24, 2.45) is 0 Å². The van der Waals surface area contributed by atoms with Gasteiger partial charge in [-0.15, -0.1) is 0 Å². The third-order valence-electron chi connectivity index (χ3n) is 4.24. The third-order valence-corrected chi connectivity index (χ3v) is 4.24. The second kappa shape index (κ2) is 5.19. The van der Waals surface area contributed by atoms with Crippen LogP contribution < -0.4 is 0 Å². The molecule has 2 aliphatic heterocycles. The molecule has 2 aliphatic rings. The fourth-order valence-electron chi connectivity index (χ4n) is 3.22. The van der Waals surface area contributed by atoms with Crippen LogP contribution in [0.2, 0.25) is 0 Å². The van der Waals surface area contributed by atoms with Gasteiger partial charge in [-0.3, -0.25) is 9.88 Å². The maximum atomic E-state index is 6.01. The van der Waals surface area contributed by atoms with E-state index in [1.165, 1.54) is 0 Å². The Hall–Kier alpha value is -0.970. The highest BCUT2D eigenvalue weighted by Gasteiger charge is 2.45. The van der Waals surface area contributed by atoms with E-state index in [0.717, 1.165) is 50.5 Å². The maximum absolute atomic E-state index is 6.01. The van der Waals surface area contributed by atoms with Crippen LogP contribution in [0.15, 0.2) is 18.2 Å². The number of methoxy groups -OCH3 is 1. The van der Waals surface area contributed by atoms with Crippen LogP contribution in [-0.2, 0) is 16.0 Å². The average Bonchev–Trinajstić information content (AvgIpc) is 2.97. The number of hydrogen-bond donors (Lipinski definition) is 0. The summed E-state index contributed by atoms with van der Waals surface area (Å²) in [5.74, 6) is 0. The van der Waals surface area contributed by atoms with Gasteiger partial charge in [0.05, 0.1) is 24.0 Å². The number of aryl methyl sites for hydroxylation is 1. The normalized spacial score (nSPS) is 31.4. The summed E-state index contributed by atoms with van der Waals surface area (Å²) in [6.45, 7) is 5.80. The lowest BCUT2D eigenvalue weighted by molar-refractivity contribution is 0.00627. The highest BCUT2D eigenvalue weighted by molar-refractivity contribution is 5.10. The van der Waals surface area contributed by atoms with E-state index < -0.39 is 0 Å². The molecule has 0 aromatic carbocycles. The van der Waals surface area contributed by atoms with Gasteiger partial charge in [0.1, 0.15) is 0 Å². The first-order chi connectivity index (χ1) is 9.19. The highest BCUT2D eigenvalue weighted by Crippen LogP contribution is 2.36. The molecule has 0 aliphatic carbocycles. The Balaban J connectivity index is 1.60. The molecular formula is C15H22N2O2. The van der Waals surface area contributed by atoms with E-state index in [-0.39, 0.29) is 11.7 Å². The van der Waals surface area contributed by atoms with Gasteiger partial charge in [-0.2, -0.15) is 0 Å². The Bertz CT molecular complexity index is 452. The van der Waals surface area contributed by atoms with Gasteiger partial charge in [-0.25, -0.2) is 0 Å². The third kappa shape index (κ3) is 2.81. The summed E-state index contributed by atoms with van der Waals surface area (Å²) >= 11 is 0. The minimum atomic E-state index is 0.0322. The van der Waals surface area contributed by atoms with Gasteiger partial charge in [-0.1, -0.05) is 6.07 Å². The molecule has 3 heterocycles. The lowest BCUT2D eigenvalue weighted by Gasteiger charge is -2.23. The molecular weight excluding hydrogens is 240 g/mol. The topological polar surface area (TPSA) is 34.6 Å². The second-order valence-electron chi connectivity index (χ2n) is 5.79. The van der Waals surface area contributed by atoms with Crippen LogP contribution in [0.3, 0.4) is 0 Å². The van der Waals surface area contributed by atoms with Gasteiger partial charge < -0.3 is 9.47 Å². The van der Waals surface area contributed by atoms with Crippen molar-refractivity contribution >= 4 is 0 Å². The summed E-state index contributed by atoms with van der Waals surface area (Å²) in [6, 6.07) is 6.22. The first-order valence-corrected chi connectivity index (χ1v) is 7.01. The molecule has 2 atom stereocenters. The molecule has 4 heteroatoms. The van der Waals surface area contributed by atoms with Crippen molar-refractivity contribution < 1.29 is 9.47 Å². The van der Waals surface area contributed by atoms with Gasteiger partial charge >= 0.3 is 0 Å². The number of likely N-dealkylation sites (tertiary alicyclic amines) is 1. The molecule has 1 aromatic rings. The van der Waals surface area contributed by atoms with Crippen molar-refractivity contribution in [3.8, 4) is 0 Å². The lowest BCUT2D eigenvalue weighted by Crippen LogP contribution is -2.33.